The van der Waals surface area contributed by atoms with Crippen LogP contribution < -0.4 is 11.1 Å². The van der Waals surface area contributed by atoms with Crippen molar-refractivity contribution >= 4 is 29.8 Å². The number of ether oxygens (including phenoxy) is 4. The van der Waals surface area contributed by atoms with E-state index < -0.39 is 30.2 Å². The van der Waals surface area contributed by atoms with E-state index in [1.807, 2.05) is 30.3 Å². The van der Waals surface area contributed by atoms with Crippen molar-refractivity contribution < 1.29 is 42.9 Å². The fourth-order valence-electron chi connectivity index (χ4n) is 9.83. The molecule has 3 atom stereocenters. The van der Waals surface area contributed by atoms with Crippen LogP contribution in [0.25, 0.3) is 0 Å². The first-order chi connectivity index (χ1) is 35.7. The smallest absolute Gasteiger partial charge is 0.329 e. The minimum absolute atomic E-state index is 0.180. The van der Waals surface area contributed by atoms with E-state index >= 15 is 0 Å². The van der Waals surface area contributed by atoms with Gasteiger partial charge >= 0.3 is 23.9 Å². The number of nitrogens with two attached hydrogens (primary N) is 1. The Kier molecular flexibility index (Phi) is 40.2. The first-order valence-electron chi connectivity index (χ1n) is 30.2. The van der Waals surface area contributed by atoms with Gasteiger partial charge in [0, 0.05) is 19.4 Å². The lowest BCUT2D eigenvalue weighted by atomic mass is 10.0. The average Bonchev–Trinajstić information content (AvgIpc) is 3.90. The molecule has 2 rings (SSSR count). The first-order valence-corrected chi connectivity index (χ1v) is 30.2. The summed E-state index contributed by atoms with van der Waals surface area (Å²) in [6.07, 6.45) is 34.3. The van der Waals surface area contributed by atoms with Gasteiger partial charge in [-0.15, -0.1) is 0 Å². The van der Waals surface area contributed by atoms with Gasteiger partial charge in [-0.25, -0.2) is 4.79 Å². The third kappa shape index (κ3) is 32.5. The molecule has 3 N–H and O–H groups in total. The fraction of sp³-hybridized carbons (Fsp3) is 0.820. The molecular weight excluding hydrogens is 919 g/mol. The molecule has 1 aliphatic rings. The summed E-state index contributed by atoms with van der Waals surface area (Å²) >= 11 is 0. The predicted molar refractivity (Wildman–Crippen MR) is 296 cm³/mol. The molecule has 0 aliphatic carbocycles. The Morgan fingerprint density at radius 2 is 1.03 bits per heavy atom. The van der Waals surface area contributed by atoms with Crippen molar-refractivity contribution in [1.82, 2.24) is 10.2 Å². The van der Waals surface area contributed by atoms with Crippen molar-refractivity contribution in [3.05, 3.63) is 35.9 Å². The van der Waals surface area contributed by atoms with E-state index in [1.54, 1.807) is 4.90 Å². The molecule has 1 aromatic rings. The summed E-state index contributed by atoms with van der Waals surface area (Å²) in [6, 6.07) is 7.36. The standard InChI is InChI=1S/C61H107N3O9/c1-5-9-13-15-17-19-21-23-25-27-32-43-57(65)70-49-53(50-71-58(66)44-33-28-26-24-22-20-18-16-14-10-6-2)73-60(68)55(46-45-51-37-30-29-31-38-51)63-54(41-34-35-47-62)59(67)64-48-36-42-56(64)61(69)72-52(39-11-7-3)40-12-8-4/h29-31,37-38,52-56,63H,5-28,32-36,39-50,62H2,1-4H3/t54-,55-,56-/m0/s1. The van der Waals surface area contributed by atoms with Crippen LogP contribution in [-0.2, 0) is 49.3 Å². The SMILES string of the molecule is CCCCCCCCCCCCCC(=O)OCC(COC(=O)CCCCCCCCCCCCC)OC(=O)[C@H](CCc1ccccc1)N[C@@H](CCCCN)C(=O)N1CCC[C@H]1C(=O)OC(CCCC)CCCC. The molecule has 1 fully saturated rings. The van der Waals surface area contributed by atoms with Gasteiger partial charge in [0.25, 0.3) is 0 Å². The molecule has 0 radical (unpaired) electrons. The maximum absolute atomic E-state index is 14.7. The summed E-state index contributed by atoms with van der Waals surface area (Å²) in [7, 11) is 0. The molecule has 0 bridgehead atoms. The van der Waals surface area contributed by atoms with Crippen LogP contribution in [0, 0.1) is 0 Å². The lowest BCUT2D eigenvalue weighted by Crippen LogP contribution is -2.55. The number of esters is 4. The average molecular weight is 1030 g/mol. The lowest BCUT2D eigenvalue weighted by molar-refractivity contribution is -0.168. The van der Waals surface area contributed by atoms with Gasteiger partial charge in [0.1, 0.15) is 31.4 Å². The van der Waals surface area contributed by atoms with Crippen LogP contribution in [0.4, 0.5) is 0 Å². The Hall–Kier alpha value is -3.51. The Morgan fingerprint density at radius 1 is 0.548 bits per heavy atom. The molecule has 1 aliphatic heterocycles. The number of likely N-dealkylation sites (tertiary alicyclic amines) is 1. The van der Waals surface area contributed by atoms with E-state index in [4.69, 9.17) is 24.7 Å². The number of carbonyl (C=O) groups excluding carboxylic acids is 5. The number of hydrogen-bond acceptors (Lipinski definition) is 11. The molecule has 1 amide bonds. The third-order valence-corrected chi connectivity index (χ3v) is 14.5. The maximum atomic E-state index is 14.7. The second kappa shape index (κ2) is 44.8. The van der Waals surface area contributed by atoms with Gasteiger partial charge in [-0.1, -0.05) is 219 Å². The molecule has 12 nitrogen and oxygen atoms in total. The van der Waals surface area contributed by atoms with Crippen LogP contribution in [-0.4, -0.2) is 91.3 Å². The molecule has 1 saturated heterocycles. The monoisotopic (exact) mass is 1030 g/mol. The number of unbranched alkanes of at least 4 members (excludes halogenated alkanes) is 23. The van der Waals surface area contributed by atoms with Crippen molar-refractivity contribution in [3.8, 4) is 0 Å². The summed E-state index contributed by atoms with van der Waals surface area (Å²) in [5.74, 6) is -2.00. The van der Waals surface area contributed by atoms with Crippen molar-refractivity contribution in [2.45, 2.75) is 296 Å². The predicted octanol–water partition coefficient (Wildman–Crippen LogP) is 13.8. The molecule has 0 aromatic heterocycles. The van der Waals surface area contributed by atoms with Crippen LogP contribution in [0.15, 0.2) is 30.3 Å². The van der Waals surface area contributed by atoms with Crippen LogP contribution in [0.5, 0.6) is 0 Å². The molecule has 0 unspecified atom stereocenters. The number of rotatable bonds is 48. The van der Waals surface area contributed by atoms with Crippen molar-refractivity contribution in [1.29, 1.82) is 0 Å². The van der Waals surface area contributed by atoms with Gasteiger partial charge in [0.2, 0.25) is 5.91 Å². The fourth-order valence-corrected chi connectivity index (χ4v) is 9.83. The van der Waals surface area contributed by atoms with Crippen LogP contribution in [0.3, 0.4) is 0 Å². The second-order valence-corrected chi connectivity index (χ2v) is 21.1. The number of carbonyl (C=O) groups is 5. The molecule has 0 saturated carbocycles. The minimum Gasteiger partial charge on any atom is -0.462 e. The van der Waals surface area contributed by atoms with E-state index in [0.29, 0.717) is 70.9 Å². The largest absolute Gasteiger partial charge is 0.462 e. The summed E-state index contributed by atoms with van der Waals surface area (Å²) in [5.41, 5.74) is 6.94. The highest BCUT2D eigenvalue weighted by Crippen LogP contribution is 2.24. The van der Waals surface area contributed by atoms with Crippen molar-refractivity contribution in [3.63, 3.8) is 0 Å². The molecule has 1 heterocycles. The van der Waals surface area contributed by atoms with Gasteiger partial charge in [0.15, 0.2) is 6.10 Å². The first kappa shape index (κ1) is 65.6. The number of benzene rings is 1. The quantitative estimate of drug-likeness (QED) is 0.0363. The van der Waals surface area contributed by atoms with Crippen molar-refractivity contribution in [2.24, 2.45) is 5.73 Å². The van der Waals surface area contributed by atoms with Gasteiger partial charge < -0.3 is 29.6 Å². The van der Waals surface area contributed by atoms with Crippen molar-refractivity contribution in [2.75, 3.05) is 26.3 Å². The molecular formula is C61H107N3O9. The highest BCUT2D eigenvalue weighted by atomic mass is 16.6. The Morgan fingerprint density at radius 3 is 1.51 bits per heavy atom. The van der Waals surface area contributed by atoms with Gasteiger partial charge in [0.05, 0.1) is 6.04 Å². The van der Waals surface area contributed by atoms with E-state index in [2.05, 4.69) is 33.0 Å². The molecule has 420 valence electrons. The molecule has 0 spiro atoms. The Bertz CT molecular complexity index is 1500. The van der Waals surface area contributed by atoms with Crippen LogP contribution in [0.1, 0.15) is 264 Å². The zero-order chi connectivity index (χ0) is 53.0. The maximum Gasteiger partial charge on any atom is 0.329 e. The number of nitrogens with zero attached hydrogens (tertiary/aromatic N) is 1. The second-order valence-electron chi connectivity index (χ2n) is 21.1. The molecule has 73 heavy (non-hydrogen) atoms. The van der Waals surface area contributed by atoms with Crippen LogP contribution in [0.2, 0.25) is 0 Å². The normalized spacial score (nSPS) is 14.4. The summed E-state index contributed by atoms with van der Waals surface area (Å²) in [4.78, 5) is 70.8. The topological polar surface area (TPSA) is 164 Å². The minimum atomic E-state index is -1.05. The van der Waals surface area contributed by atoms with Gasteiger partial charge in [-0.3, -0.25) is 24.5 Å². The third-order valence-electron chi connectivity index (χ3n) is 14.5. The number of hydrogen-bond donors (Lipinski definition) is 2. The van der Waals surface area contributed by atoms with Gasteiger partial charge in [-0.2, -0.15) is 0 Å². The zero-order valence-corrected chi connectivity index (χ0v) is 47.0. The van der Waals surface area contributed by atoms with E-state index in [1.165, 1.54) is 89.9 Å². The summed E-state index contributed by atoms with van der Waals surface area (Å²) < 4.78 is 23.7. The highest BCUT2D eigenvalue weighted by molar-refractivity contribution is 5.89. The van der Waals surface area contributed by atoms with E-state index in [-0.39, 0.29) is 56.0 Å². The summed E-state index contributed by atoms with van der Waals surface area (Å²) in [6.45, 7) is 9.09. The number of nitrogens with one attached hydrogen (secondary N) is 1. The molecule has 12 heteroatoms. The summed E-state index contributed by atoms with van der Waals surface area (Å²) in [5, 5.41) is 3.40. The Labute approximate surface area is 444 Å². The molecule has 1 aromatic carbocycles. The number of amides is 1. The van der Waals surface area contributed by atoms with E-state index in [0.717, 1.165) is 82.6 Å². The van der Waals surface area contributed by atoms with E-state index in [9.17, 15) is 24.0 Å². The highest BCUT2D eigenvalue weighted by Gasteiger charge is 2.40. The zero-order valence-electron chi connectivity index (χ0n) is 47.0. The van der Waals surface area contributed by atoms with Gasteiger partial charge in [-0.05, 0) is 76.3 Å². The Balaban J connectivity index is 2.20. The number of aryl methyl sites for hydroxylation is 1. The lowest BCUT2D eigenvalue weighted by Gasteiger charge is -2.31. The van der Waals surface area contributed by atoms with Crippen LogP contribution >= 0.6 is 0 Å².